The summed E-state index contributed by atoms with van der Waals surface area (Å²) >= 11 is 1.13. The van der Waals surface area contributed by atoms with E-state index in [1.54, 1.807) is 4.90 Å². The van der Waals surface area contributed by atoms with Gasteiger partial charge in [0, 0.05) is 25.4 Å². The Morgan fingerprint density at radius 2 is 2.05 bits per heavy atom. The molecule has 1 N–H and O–H groups in total. The number of hydrogen-bond acceptors (Lipinski definition) is 6. The highest BCUT2D eigenvalue weighted by atomic mass is 32.1. The van der Waals surface area contributed by atoms with Crippen molar-refractivity contribution in [3.63, 3.8) is 0 Å². The number of carbonyl (C=O) groups excluding carboxylic acids is 3. The van der Waals surface area contributed by atoms with Crippen molar-refractivity contribution in [3.8, 4) is 0 Å². The molecule has 2 rings (SSSR count). The van der Waals surface area contributed by atoms with Crippen LogP contribution in [0.4, 0.5) is 5.13 Å². The lowest BCUT2D eigenvalue weighted by molar-refractivity contribution is -0.135. The lowest BCUT2D eigenvalue weighted by Gasteiger charge is -2.26. The standard InChI is InChI=1S/C13H17N3O4S/c1-9(17)14-13-15-10(8-21-13)12(19)20-7-11(18)16-5-3-2-4-6-16/h8H,2-7H2,1H3,(H,14,15,17). The van der Waals surface area contributed by atoms with E-state index >= 15 is 0 Å². The average molecular weight is 311 g/mol. The van der Waals surface area contributed by atoms with Crippen LogP contribution in [-0.2, 0) is 14.3 Å². The third-order valence-electron chi connectivity index (χ3n) is 3.03. The van der Waals surface area contributed by atoms with E-state index < -0.39 is 5.97 Å². The number of anilines is 1. The molecule has 8 heteroatoms. The minimum absolute atomic E-state index is 0.0928. The van der Waals surface area contributed by atoms with Crippen molar-refractivity contribution in [1.29, 1.82) is 0 Å². The number of esters is 1. The van der Waals surface area contributed by atoms with Crippen LogP contribution in [0.15, 0.2) is 5.38 Å². The first kappa shape index (κ1) is 15.4. The number of likely N-dealkylation sites (tertiary alicyclic amines) is 1. The highest BCUT2D eigenvalue weighted by molar-refractivity contribution is 7.14. The first-order valence-electron chi connectivity index (χ1n) is 6.74. The van der Waals surface area contributed by atoms with Crippen LogP contribution in [-0.4, -0.2) is 47.4 Å². The summed E-state index contributed by atoms with van der Waals surface area (Å²) < 4.78 is 4.96. The Labute approximate surface area is 126 Å². The van der Waals surface area contributed by atoms with Gasteiger partial charge in [-0.25, -0.2) is 9.78 Å². The van der Waals surface area contributed by atoms with Gasteiger partial charge in [-0.2, -0.15) is 0 Å². The Morgan fingerprint density at radius 3 is 2.71 bits per heavy atom. The highest BCUT2D eigenvalue weighted by Crippen LogP contribution is 2.16. The summed E-state index contributed by atoms with van der Waals surface area (Å²) in [5.41, 5.74) is 0.0928. The van der Waals surface area contributed by atoms with Crippen molar-refractivity contribution < 1.29 is 19.1 Å². The SMILES string of the molecule is CC(=O)Nc1nc(C(=O)OCC(=O)N2CCCCC2)cs1. The fourth-order valence-electron chi connectivity index (χ4n) is 2.01. The van der Waals surface area contributed by atoms with Gasteiger partial charge in [-0.05, 0) is 19.3 Å². The Hall–Kier alpha value is -1.96. The smallest absolute Gasteiger partial charge is 0.358 e. The molecule has 1 saturated heterocycles. The number of hydrogen-bond donors (Lipinski definition) is 1. The van der Waals surface area contributed by atoms with Crippen LogP contribution in [0.1, 0.15) is 36.7 Å². The molecule has 0 saturated carbocycles. The number of nitrogens with one attached hydrogen (secondary N) is 1. The molecule has 0 radical (unpaired) electrons. The molecule has 0 aromatic carbocycles. The second-order valence-corrected chi connectivity index (χ2v) is 5.59. The molecule has 0 bridgehead atoms. The van der Waals surface area contributed by atoms with Crippen molar-refractivity contribution in [3.05, 3.63) is 11.1 Å². The Balaban J connectivity index is 1.82. The van der Waals surface area contributed by atoms with Gasteiger partial charge in [-0.1, -0.05) is 0 Å². The lowest BCUT2D eigenvalue weighted by Crippen LogP contribution is -2.38. The number of nitrogens with zero attached hydrogens (tertiary/aromatic N) is 2. The molecule has 1 aromatic rings. The minimum Gasteiger partial charge on any atom is -0.451 e. The molecule has 0 spiro atoms. The molecular weight excluding hydrogens is 294 g/mol. The van der Waals surface area contributed by atoms with Crippen LogP contribution in [0.5, 0.6) is 0 Å². The summed E-state index contributed by atoms with van der Waals surface area (Å²) in [6, 6.07) is 0. The topological polar surface area (TPSA) is 88.6 Å². The first-order chi connectivity index (χ1) is 10.1. The fourth-order valence-corrected chi connectivity index (χ4v) is 2.74. The maximum Gasteiger partial charge on any atom is 0.358 e. The van der Waals surface area contributed by atoms with Crippen LogP contribution in [0.3, 0.4) is 0 Å². The van der Waals surface area contributed by atoms with Crippen LogP contribution in [0, 0.1) is 0 Å². The average Bonchev–Trinajstić information content (AvgIpc) is 2.93. The zero-order valence-electron chi connectivity index (χ0n) is 11.8. The molecule has 0 atom stereocenters. The summed E-state index contributed by atoms with van der Waals surface area (Å²) in [6.45, 7) is 2.53. The molecule has 7 nitrogen and oxygen atoms in total. The number of ether oxygens (including phenoxy) is 1. The maximum absolute atomic E-state index is 11.9. The molecule has 1 aromatic heterocycles. The van der Waals surface area contributed by atoms with Gasteiger partial charge in [0.25, 0.3) is 5.91 Å². The third-order valence-corrected chi connectivity index (χ3v) is 3.79. The van der Waals surface area contributed by atoms with E-state index in [0.717, 1.165) is 43.7 Å². The van der Waals surface area contributed by atoms with Gasteiger partial charge < -0.3 is 15.0 Å². The number of aromatic nitrogens is 1. The molecule has 1 aliphatic heterocycles. The zero-order valence-corrected chi connectivity index (χ0v) is 12.6. The predicted octanol–water partition coefficient (Wildman–Crippen LogP) is 1.27. The monoisotopic (exact) mass is 311 g/mol. The normalized spacial score (nSPS) is 14.6. The summed E-state index contributed by atoms with van der Waals surface area (Å²) in [5.74, 6) is -1.10. The molecule has 2 amide bonds. The lowest BCUT2D eigenvalue weighted by atomic mass is 10.1. The molecule has 1 aliphatic rings. The molecule has 2 heterocycles. The summed E-state index contributed by atoms with van der Waals surface area (Å²) in [4.78, 5) is 40.1. The van der Waals surface area contributed by atoms with Crippen molar-refractivity contribution in [2.24, 2.45) is 0 Å². The van der Waals surface area contributed by atoms with Crippen LogP contribution in [0.2, 0.25) is 0 Å². The van der Waals surface area contributed by atoms with Gasteiger partial charge in [-0.15, -0.1) is 11.3 Å². The van der Waals surface area contributed by atoms with Crippen LogP contribution >= 0.6 is 11.3 Å². The van der Waals surface area contributed by atoms with Gasteiger partial charge in [0.1, 0.15) is 0 Å². The Kier molecular flexibility index (Phi) is 5.26. The molecule has 114 valence electrons. The van der Waals surface area contributed by atoms with Crippen molar-refractivity contribution in [2.75, 3.05) is 25.0 Å². The van der Waals surface area contributed by atoms with E-state index in [1.165, 1.54) is 12.3 Å². The maximum atomic E-state index is 11.9. The second-order valence-electron chi connectivity index (χ2n) is 4.74. The van der Waals surface area contributed by atoms with E-state index in [2.05, 4.69) is 10.3 Å². The van der Waals surface area contributed by atoms with E-state index in [0.29, 0.717) is 5.13 Å². The molecule has 21 heavy (non-hydrogen) atoms. The van der Waals surface area contributed by atoms with Gasteiger partial charge in [0.2, 0.25) is 5.91 Å². The third kappa shape index (κ3) is 4.52. The largest absolute Gasteiger partial charge is 0.451 e. The number of thiazole rings is 1. The van der Waals surface area contributed by atoms with Crippen molar-refractivity contribution >= 4 is 34.3 Å². The molecule has 0 aliphatic carbocycles. The summed E-state index contributed by atoms with van der Waals surface area (Å²) in [7, 11) is 0. The van der Waals surface area contributed by atoms with Gasteiger partial charge in [0.05, 0.1) is 0 Å². The van der Waals surface area contributed by atoms with E-state index in [4.69, 9.17) is 4.74 Å². The molecular formula is C13H17N3O4S. The quantitative estimate of drug-likeness (QED) is 0.846. The van der Waals surface area contributed by atoms with Crippen molar-refractivity contribution in [1.82, 2.24) is 9.88 Å². The number of amides is 2. The predicted molar refractivity (Wildman–Crippen MR) is 77.1 cm³/mol. The van der Waals surface area contributed by atoms with Crippen molar-refractivity contribution in [2.45, 2.75) is 26.2 Å². The van der Waals surface area contributed by atoms with E-state index in [9.17, 15) is 14.4 Å². The molecule has 1 fully saturated rings. The second kappa shape index (κ2) is 7.16. The zero-order chi connectivity index (χ0) is 15.2. The number of carbonyl (C=O) groups is 3. The summed E-state index contributed by atoms with van der Waals surface area (Å²) in [5, 5.41) is 4.30. The fraction of sp³-hybridized carbons (Fsp3) is 0.538. The summed E-state index contributed by atoms with van der Waals surface area (Å²) in [6.07, 6.45) is 3.12. The van der Waals surface area contributed by atoms with Gasteiger partial charge in [0.15, 0.2) is 17.4 Å². The van der Waals surface area contributed by atoms with Crippen LogP contribution < -0.4 is 5.32 Å². The Bertz CT molecular complexity index is 537. The van der Waals surface area contributed by atoms with Crippen LogP contribution in [0.25, 0.3) is 0 Å². The number of rotatable bonds is 4. The van der Waals surface area contributed by atoms with E-state index in [-0.39, 0.29) is 24.1 Å². The highest BCUT2D eigenvalue weighted by Gasteiger charge is 2.19. The minimum atomic E-state index is -0.659. The number of piperidine rings is 1. The van der Waals surface area contributed by atoms with E-state index in [1.807, 2.05) is 0 Å². The Morgan fingerprint density at radius 1 is 1.33 bits per heavy atom. The molecule has 0 unspecified atom stereocenters. The first-order valence-corrected chi connectivity index (χ1v) is 7.62. The van der Waals surface area contributed by atoms with Gasteiger partial charge >= 0.3 is 5.97 Å². The van der Waals surface area contributed by atoms with Gasteiger partial charge in [-0.3, -0.25) is 9.59 Å².